The van der Waals surface area contributed by atoms with Crippen molar-refractivity contribution in [1.82, 2.24) is 19.4 Å². The lowest BCUT2D eigenvalue weighted by molar-refractivity contribution is -0.130. The van der Waals surface area contributed by atoms with Crippen molar-refractivity contribution >= 4 is 15.9 Å². The molecule has 0 atom stereocenters. The molecular weight excluding hydrogens is 354 g/mol. The second kappa shape index (κ2) is 7.70. The molecule has 0 saturated carbocycles. The van der Waals surface area contributed by atoms with E-state index >= 15 is 0 Å². The lowest BCUT2D eigenvalue weighted by Crippen LogP contribution is -2.32. The van der Waals surface area contributed by atoms with Gasteiger partial charge in [0.05, 0.1) is 11.1 Å². The predicted molar refractivity (Wildman–Crippen MR) is 85.8 cm³/mol. The quantitative estimate of drug-likeness (QED) is 0.787. The number of benzene rings is 1. The summed E-state index contributed by atoms with van der Waals surface area (Å²) in [5, 5.41) is 4.00. The number of hydrogen-bond acceptors (Lipinski definition) is 4. The van der Waals surface area contributed by atoms with Crippen molar-refractivity contribution in [1.29, 1.82) is 0 Å². The van der Waals surface area contributed by atoms with E-state index in [4.69, 9.17) is 0 Å². The molecule has 1 N–H and O–H groups in total. The highest BCUT2D eigenvalue weighted by atomic mass is 32.2. The molecule has 0 saturated heterocycles. The van der Waals surface area contributed by atoms with E-state index in [9.17, 15) is 22.0 Å². The number of sulfonamides is 1. The second-order valence-corrected chi connectivity index (χ2v) is 7.26. The molecule has 1 aromatic carbocycles. The Morgan fingerprint density at radius 3 is 2.64 bits per heavy atom. The van der Waals surface area contributed by atoms with Crippen LogP contribution in [0, 0.1) is 11.6 Å². The third-order valence-electron chi connectivity index (χ3n) is 3.44. The van der Waals surface area contributed by atoms with E-state index in [0.29, 0.717) is 12.6 Å². The fourth-order valence-electron chi connectivity index (χ4n) is 2.13. The summed E-state index contributed by atoms with van der Waals surface area (Å²) in [7, 11) is -0.659. The molecule has 0 radical (unpaired) electrons. The number of carbonyl (C=O) groups is 1. The first kappa shape index (κ1) is 19.0. The Bertz CT molecular complexity index is 867. The molecule has 0 bridgehead atoms. The van der Waals surface area contributed by atoms with Gasteiger partial charge in [-0.2, -0.15) is 5.10 Å². The molecular formula is C15H18F2N4O3S. The van der Waals surface area contributed by atoms with Gasteiger partial charge < -0.3 is 4.90 Å². The highest BCUT2D eigenvalue weighted by Crippen LogP contribution is 2.13. The minimum Gasteiger partial charge on any atom is -0.341 e. The highest BCUT2D eigenvalue weighted by molar-refractivity contribution is 7.89. The first-order valence-electron chi connectivity index (χ1n) is 7.35. The van der Waals surface area contributed by atoms with Crippen LogP contribution in [0.15, 0.2) is 35.5 Å². The average Bonchev–Trinajstić information content (AvgIpc) is 2.94. The molecule has 7 nitrogen and oxygen atoms in total. The molecule has 2 aromatic rings. The zero-order chi connectivity index (χ0) is 18.6. The molecule has 0 aliphatic heterocycles. The van der Waals surface area contributed by atoms with Crippen molar-refractivity contribution in [2.24, 2.45) is 7.05 Å². The van der Waals surface area contributed by atoms with E-state index in [2.05, 4.69) is 9.82 Å². The smallest absolute Gasteiger partial charge is 0.240 e. The van der Waals surface area contributed by atoms with Crippen LogP contribution in [0.1, 0.15) is 12.0 Å². The number of nitrogens with one attached hydrogen (secondary N) is 1. The number of hydrogen-bond donors (Lipinski definition) is 1. The molecule has 1 heterocycles. The zero-order valence-corrected chi connectivity index (χ0v) is 14.6. The van der Waals surface area contributed by atoms with E-state index < -0.39 is 26.6 Å². The maximum atomic E-state index is 13.1. The molecule has 0 aliphatic rings. The van der Waals surface area contributed by atoms with Crippen LogP contribution >= 0.6 is 0 Å². The number of nitrogens with zero attached hydrogens (tertiary/aromatic N) is 3. The van der Waals surface area contributed by atoms with Gasteiger partial charge in [0.1, 0.15) is 0 Å². The third kappa shape index (κ3) is 5.07. The SMILES string of the molecule is CN(Cc1cnn(C)c1)C(=O)CCNS(=O)(=O)c1ccc(F)c(F)c1. The van der Waals surface area contributed by atoms with Gasteiger partial charge in [0.25, 0.3) is 0 Å². The van der Waals surface area contributed by atoms with E-state index in [1.807, 2.05) is 0 Å². The lowest BCUT2D eigenvalue weighted by Gasteiger charge is -2.16. The van der Waals surface area contributed by atoms with E-state index in [1.165, 1.54) is 4.90 Å². The van der Waals surface area contributed by atoms with Gasteiger partial charge in [-0.25, -0.2) is 21.9 Å². The fourth-order valence-corrected chi connectivity index (χ4v) is 3.17. The molecule has 25 heavy (non-hydrogen) atoms. The van der Waals surface area contributed by atoms with Crippen molar-refractivity contribution in [3.8, 4) is 0 Å². The molecule has 1 aromatic heterocycles. The van der Waals surface area contributed by atoms with Crippen LogP contribution in [-0.2, 0) is 28.4 Å². The molecule has 0 aliphatic carbocycles. The maximum Gasteiger partial charge on any atom is 0.240 e. The molecule has 0 fully saturated rings. The number of carbonyl (C=O) groups excluding carboxylic acids is 1. The topological polar surface area (TPSA) is 84.3 Å². The molecule has 10 heteroatoms. The van der Waals surface area contributed by atoms with Crippen LogP contribution in [-0.4, -0.2) is 42.6 Å². The third-order valence-corrected chi connectivity index (χ3v) is 4.89. The summed E-state index contributed by atoms with van der Waals surface area (Å²) in [5.41, 5.74) is 0.848. The summed E-state index contributed by atoms with van der Waals surface area (Å²) in [6.45, 7) is 0.195. The molecule has 1 amide bonds. The number of aromatic nitrogens is 2. The Labute approximate surface area is 144 Å². The molecule has 2 rings (SSSR count). The van der Waals surface area contributed by atoms with Gasteiger partial charge in [-0.1, -0.05) is 0 Å². The molecule has 136 valence electrons. The normalized spacial score (nSPS) is 11.5. The van der Waals surface area contributed by atoms with Gasteiger partial charge in [0.2, 0.25) is 15.9 Å². The Hall–Kier alpha value is -2.33. The fraction of sp³-hybridized carbons (Fsp3) is 0.333. The summed E-state index contributed by atoms with van der Waals surface area (Å²) in [6.07, 6.45) is 3.34. The highest BCUT2D eigenvalue weighted by Gasteiger charge is 2.17. The van der Waals surface area contributed by atoms with Gasteiger partial charge in [0, 0.05) is 45.4 Å². The Balaban J connectivity index is 1.88. The van der Waals surface area contributed by atoms with Crippen molar-refractivity contribution in [2.75, 3.05) is 13.6 Å². The summed E-state index contributed by atoms with van der Waals surface area (Å²) >= 11 is 0. The Kier molecular flexibility index (Phi) is 5.85. The van der Waals surface area contributed by atoms with Crippen LogP contribution < -0.4 is 4.72 Å². The molecule has 0 spiro atoms. The van der Waals surface area contributed by atoms with E-state index in [1.54, 1.807) is 31.2 Å². The number of rotatable bonds is 7. The maximum absolute atomic E-state index is 13.1. The van der Waals surface area contributed by atoms with Crippen LogP contribution in [0.2, 0.25) is 0 Å². The monoisotopic (exact) mass is 372 g/mol. The Morgan fingerprint density at radius 2 is 2.04 bits per heavy atom. The minimum atomic E-state index is -4.02. The number of amides is 1. The van der Waals surface area contributed by atoms with Gasteiger partial charge in [0.15, 0.2) is 11.6 Å². The largest absolute Gasteiger partial charge is 0.341 e. The number of aryl methyl sites for hydroxylation is 1. The van der Waals surface area contributed by atoms with Crippen molar-refractivity contribution in [3.63, 3.8) is 0 Å². The summed E-state index contributed by atoms with van der Waals surface area (Å²) in [5.74, 6) is -2.65. The van der Waals surface area contributed by atoms with Crippen LogP contribution in [0.5, 0.6) is 0 Å². The van der Waals surface area contributed by atoms with Crippen molar-refractivity contribution in [2.45, 2.75) is 17.9 Å². The van der Waals surface area contributed by atoms with E-state index in [0.717, 1.165) is 17.7 Å². The lowest BCUT2D eigenvalue weighted by atomic mass is 10.3. The van der Waals surface area contributed by atoms with Crippen LogP contribution in [0.4, 0.5) is 8.78 Å². The summed E-state index contributed by atoms with van der Waals surface area (Å²) in [4.78, 5) is 13.1. The Morgan fingerprint density at radius 1 is 1.32 bits per heavy atom. The second-order valence-electron chi connectivity index (χ2n) is 5.50. The van der Waals surface area contributed by atoms with E-state index in [-0.39, 0.29) is 18.9 Å². The zero-order valence-electron chi connectivity index (χ0n) is 13.7. The predicted octanol–water partition coefficient (Wildman–Crippen LogP) is 1.03. The van der Waals surface area contributed by atoms with Gasteiger partial charge in [-0.05, 0) is 18.2 Å². The summed E-state index contributed by atoms with van der Waals surface area (Å²) < 4.78 is 53.8. The van der Waals surface area contributed by atoms with Crippen molar-refractivity contribution in [3.05, 3.63) is 47.8 Å². The summed E-state index contributed by atoms with van der Waals surface area (Å²) in [6, 6.07) is 2.28. The first-order chi connectivity index (χ1) is 11.7. The standard InChI is InChI=1S/C15H18F2N4O3S/c1-20(9-11-8-18-21(2)10-11)15(22)5-6-19-25(23,24)12-3-4-13(16)14(17)7-12/h3-4,7-8,10,19H,5-6,9H2,1-2H3. The van der Waals surface area contributed by atoms with Crippen LogP contribution in [0.3, 0.4) is 0 Å². The average molecular weight is 372 g/mol. The first-order valence-corrected chi connectivity index (χ1v) is 8.83. The van der Waals surface area contributed by atoms with Crippen LogP contribution in [0.25, 0.3) is 0 Å². The van der Waals surface area contributed by atoms with Gasteiger partial charge in [-0.3, -0.25) is 9.48 Å². The molecule has 0 unspecified atom stereocenters. The minimum absolute atomic E-state index is 0.0698. The van der Waals surface area contributed by atoms with Crippen molar-refractivity contribution < 1.29 is 22.0 Å². The number of halogens is 2. The van der Waals surface area contributed by atoms with Gasteiger partial charge in [-0.15, -0.1) is 0 Å². The van der Waals surface area contributed by atoms with Gasteiger partial charge >= 0.3 is 0 Å².